The Kier molecular flexibility index (Phi) is 3.00. The van der Waals surface area contributed by atoms with E-state index in [0.717, 1.165) is 25.7 Å². The van der Waals surface area contributed by atoms with Crippen LogP contribution in [0.1, 0.15) is 25.7 Å². The first kappa shape index (κ1) is 10.8. The first-order valence-corrected chi connectivity index (χ1v) is 5.42. The fraction of sp³-hybridized carbons (Fsp3) is 0.636. The second-order valence-corrected chi connectivity index (χ2v) is 4.00. The molecule has 0 unspecified atom stereocenters. The van der Waals surface area contributed by atoms with Crippen LogP contribution in [-0.4, -0.2) is 25.2 Å². The maximum absolute atomic E-state index is 11.7. The van der Waals surface area contributed by atoms with E-state index in [1.54, 1.807) is 0 Å². The lowest BCUT2D eigenvalue weighted by Gasteiger charge is -2.30. The molecule has 2 atom stereocenters. The second-order valence-electron chi connectivity index (χ2n) is 4.00. The molecule has 1 fully saturated rings. The van der Waals surface area contributed by atoms with Crippen molar-refractivity contribution in [2.45, 2.75) is 37.8 Å². The minimum Gasteiger partial charge on any atom is -0.468 e. The number of rotatable bonds is 1. The zero-order valence-electron chi connectivity index (χ0n) is 9.16. The lowest BCUT2D eigenvalue weighted by molar-refractivity contribution is -0.118. The van der Waals surface area contributed by atoms with Crippen molar-refractivity contribution in [2.24, 2.45) is 0 Å². The van der Waals surface area contributed by atoms with Crippen molar-refractivity contribution in [1.29, 1.82) is 5.26 Å². The topological polar surface area (TPSA) is 71.3 Å². The molecule has 1 aliphatic carbocycles. The molecule has 5 heteroatoms. The van der Waals surface area contributed by atoms with Gasteiger partial charge in [0.25, 0.3) is 5.91 Å². The summed E-state index contributed by atoms with van der Waals surface area (Å²) >= 11 is 0. The van der Waals surface area contributed by atoms with Gasteiger partial charge in [-0.2, -0.15) is 5.26 Å². The Balaban J connectivity index is 2.27. The van der Waals surface area contributed by atoms with Gasteiger partial charge in [0.05, 0.1) is 13.2 Å². The smallest absolute Gasteiger partial charge is 0.303 e. The van der Waals surface area contributed by atoms with Gasteiger partial charge >= 0.3 is 5.95 Å². The van der Waals surface area contributed by atoms with Gasteiger partial charge in [0.1, 0.15) is 12.2 Å². The number of hydrogen-bond acceptors (Lipinski definition) is 4. The third-order valence-corrected chi connectivity index (χ3v) is 3.01. The summed E-state index contributed by atoms with van der Waals surface area (Å²) in [5.41, 5.74) is -0.0723. The van der Waals surface area contributed by atoms with E-state index >= 15 is 0 Å². The van der Waals surface area contributed by atoms with Gasteiger partial charge in [-0.25, -0.2) is 0 Å². The summed E-state index contributed by atoms with van der Waals surface area (Å²) in [6, 6.07) is 1.82. The van der Waals surface area contributed by atoms with Crippen molar-refractivity contribution in [3.05, 3.63) is 11.5 Å². The number of hydrogen-bond donors (Lipinski definition) is 1. The molecule has 0 bridgehead atoms. The van der Waals surface area contributed by atoms with Gasteiger partial charge in [-0.05, 0) is 19.3 Å². The van der Waals surface area contributed by atoms with Gasteiger partial charge in [0.2, 0.25) is 0 Å². The normalized spacial score (nSPS) is 29.4. The Bertz CT molecular complexity index is 370. The van der Waals surface area contributed by atoms with Crippen LogP contribution < -0.4 is 5.32 Å². The average Bonchev–Trinajstić information content (AvgIpc) is 2.44. The highest BCUT2D eigenvalue weighted by atomic mass is 16.7. The van der Waals surface area contributed by atoms with Crippen LogP contribution in [0.4, 0.5) is 0 Å². The number of carbonyl (C=O) groups is 1. The molecule has 0 aromatic rings. The Hall–Kier alpha value is -1.70. The molecule has 1 heterocycles. The number of ether oxygens (including phenoxy) is 2. The van der Waals surface area contributed by atoms with E-state index in [2.05, 4.69) is 5.32 Å². The molecule has 2 aliphatic rings. The van der Waals surface area contributed by atoms with Crippen LogP contribution in [0.2, 0.25) is 0 Å². The number of nitrogens with one attached hydrogen (secondary N) is 1. The molecule has 0 spiro atoms. The van der Waals surface area contributed by atoms with Crippen LogP contribution >= 0.6 is 0 Å². The van der Waals surface area contributed by atoms with Gasteiger partial charge in [-0.3, -0.25) is 4.79 Å². The fourth-order valence-electron chi connectivity index (χ4n) is 2.18. The van der Waals surface area contributed by atoms with Gasteiger partial charge in [-0.1, -0.05) is 6.42 Å². The zero-order valence-corrected chi connectivity index (χ0v) is 9.16. The number of amides is 1. The highest BCUT2D eigenvalue weighted by Crippen LogP contribution is 2.27. The summed E-state index contributed by atoms with van der Waals surface area (Å²) in [7, 11) is 1.41. The Labute approximate surface area is 94.0 Å². The van der Waals surface area contributed by atoms with Crippen LogP contribution in [0.25, 0.3) is 0 Å². The van der Waals surface area contributed by atoms with Crippen molar-refractivity contribution >= 4 is 5.91 Å². The van der Waals surface area contributed by atoms with Gasteiger partial charge < -0.3 is 14.8 Å². The van der Waals surface area contributed by atoms with Crippen LogP contribution in [-0.2, 0) is 14.3 Å². The minimum absolute atomic E-state index is 0.00255. The van der Waals surface area contributed by atoms with Crippen molar-refractivity contribution < 1.29 is 14.3 Å². The molecule has 0 saturated heterocycles. The molecular weight excluding hydrogens is 208 g/mol. The summed E-state index contributed by atoms with van der Waals surface area (Å²) < 4.78 is 10.6. The Morgan fingerprint density at radius 2 is 2.25 bits per heavy atom. The Morgan fingerprint density at radius 3 is 2.94 bits per heavy atom. The van der Waals surface area contributed by atoms with E-state index < -0.39 is 5.91 Å². The number of fused-ring (bicyclic) bond motifs is 1. The quantitative estimate of drug-likeness (QED) is 0.713. The molecule has 2 rings (SSSR count). The monoisotopic (exact) mass is 222 g/mol. The molecule has 1 aliphatic heterocycles. The molecule has 0 radical (unpaired) electrons. The third kappa shape index (κ3) is 1.83. The molecule has 1 saturated carbocycles. The summed E-state index contributed by atoms with van der Waals surface area (Å²) in [5.74, 6) is -0.344. The molecule has 86 valence electrons. The van der Waals surface area contributed by atoms with Crippen LogP contribution in [0.5, 0.6) is 0 Å². The number of methoxy groups -OCH3 is 1. The minimum atomic E-state index is -0.395. The molecule has 5 nitrogen and oxygen atoms in total. The zero-order chi connectivity index (χ0) is 11.5. The van der Waals surface area contributed by atoms with E-state index in [1.165, 1.54) is 7.11 Å². The Morgan fingerprint density at radius 1 is 1.50 bits per heavy atom. The van der Waals surface area contributed by atoms with Crippen LogP contribution in [0, 0.1) is 11.3 Å². The second kappa shape index (κ2) is 4.44. The molecule has 1 N–H and O–H groups in total. The first-order valence-electron chi connectivity index (χ1n) is 5.42. The van der Waals surface area contributed by atoms with Crippen LogP contribution in [0.15, 0.2) is 11.5 Å². The highest BCUT2D eigenvalue weighted by molar-refractivity contribution is 5.97. The van der Waals surface area contributed by atoms with E-state index in [1.807, 2.05) is 6.07 Å². The van der Waals surface area contributed by atoms with Crippen molar-refractivity contribution in [2.75, 3.05) is 7.11 Å². The third-order valence-electron chi connectivity index (χ3n) is 3.01. The van der Waals surface area contributed by atoms with E-state index in [0.29, 0.717) is 0 Å². The summed E-state index contributed by atoms with van der Waals surface area (Å²) in [4.78, 5) is 11.7. The number of nitrogens with zero attached hydrogens (tertiary/aromatic N) is 1. The number of carbonyl (C=O) groups excluding carboxylic acids is 1. The molecule has 0 aromatic carbocycles. The molecule has 0 aromatic heterocycles. The maximum Gasteiger partial charge on any atom is 0.303 e. The highest BCUT2D eigenvalue weighted by Gasteiger charge is 2.35. The lowest BCUT2D eigenvalue weighted by atomic mass is 9.92. The summed E-state index contributed by atoms with van der Waals surface area (Å²) in [6.45, 7) is 0. The van der Waals surface area contributed by atoms with Gasteiger partial charge in [0.15, 0.2) is 5.57 Å². The molecular formula is C11H14N2O3. The SMILES string of the molecule is COC1=C(C#N)C(=O)N[C@@H]2CCCC[C@H]2O1. The van der Waals surface area contributed by atoms with Gasteiger partial charge in [-0.15, -0.1) is 0 Å². The molecule has 1 amide bonds. The fourth-order valence-corrected chi connectivity index (χ4v) is 2.18. The van der Waals surface area contributed by atoms with E-state index in [4.69, 9.17) is 14.7 Å². The predicted octanol–water partition coefficient (Wildman–Crippen LogP) is 0.826. The van der Waals surface area contributed by atoms with E-state index in [-0.39, 0.29) is 23.7 Å². The van der Waals surface area contributed by atoms with Crippen molar-refractivity contribution in [3.8, 4) is 6.07 Å². The van der Waals surface area contributed by atoms with Gasteiger partial charge in [0, 0.05) is 0 Å². The summed E-state index contributed by atoms with van der Waals surface area (Å²) in [5, 5.41) is 11.7. The van der Waals surface area contributed by atoms with Crippen molar-refractivity contribution in [1.82, 2.24) is 5.32 Å². The number of nitriles is 1. The van der Waals surface area contributed by atoms with E-state index in [9.17, 15) is 4.79 Å². The first-order chi connectivity index (χ1) is 7.76. The summed E-state index contributed by atoms with van der Waals surface area (Å²) in [6.07, 6.45) is 3.87. The standard InChI is InChI=1S/C11H14N2O3/c1-15-11-7(6-12)10(14)13-8-4-2-3-5-9(8)16-11/h8-9H,2-5H2,1H3,(H,13,14)/t8-,9-/m1/s1. The van der Waals surface area contributed by atoms with Crippen molar-refractivity contribution in [3.63, 3.8) is 0 Å². The lowest BCUT2D eigenvalue weighted by Crippen LogP contribution is -2.44. The average molecular weight is 222 g/mol. The largest absolute Gasteiger partial charge is 0.468 e. The van der Waals surface area contributed by atoms with Crippen LogP contribution in [0.3, 0.4) is 0 Å². The molecule has 16 heavy (non-hydrogen) atoms. The maximum atomic E-state index is 11.7. The predicted molar refractivity (Wildman–Crippen MR) is 54.9 cm³/mol.